The van der Waals surface area contributed by atoms with Crippen molar-refractivity contribution >= 4 is 11.9 Å². The van der Waals surface area contributed by atoms with Gasteiger partial charge in [-0.3, -0.25) is 4.79 Å². The van der Waals surface area contributed by atoms with E-state index in [0.29, 0.717) is 46.1 Å². The number of ether oxygens (including phenoxy) is 4. The molecule has 29 heavy (non-hydrogen) atoms. The molecule has 6 nitrogen and oxygen atoms in total. The fourth-order valence-corrected chi connectivity index (χ4v) is 3.76. The summed E-state index contributed by atoms with van der Waals surface area (Å²) in [6.07, 6.45) is 5.57. The Kier molecular flexibility index (Phi) is 4.92. The zero-order valence-corrected chi connectivity index (χ0v) is 16.3. The van der Waals surface area contributed by atoms with Crippen LogP contribution in [0.25, 0.3) is 6.08 Å². The van der Waals surface area contributed by atoms with Crippen LogP contribution in [0.2, 0.25) is 0 Å². The SMILES string of the molecule is C=CC/C=C/c1cc2c(cc1O)O[C@@H]1COc3cc(OC)c(OC)cc3[C@@H]1C2=O. The Morgan fingerprint density at radius 1 is 1.17 bits per heavy atom. The van der Waals surface area contributed by atoms with E-state index in [4.69, 9.17) is 18.9 Å². The van der Waals surface area contributed by atoms with Crippen LogP contribution in [0.5, 0.6) is 28.7 Å². The standard InChI is InChI=1S/C23H22O6/c1-4-5-6-7-13-8-15-18(10-16(13)24)29-21-12-28-17-11-20(27-3)19(26-2)9-14(17)22(21)23(15)25/h4,6-11,21-22,24H,1,5,12H2,2-3H3/b7-6+/t21-,22+/m1/s1. The molecule has 1 N–H and O–H groups in total. The summed E-state index contributed by atoms with van der Waals surface area (Å²) >= 11 is 0. The van der Waals surface area contributed by atoms with Gasteiger partial charge in [0.2, 0.25) is 0 Å². The fourth-order valence-electron chi connectivity index (χ4n) is 3.76. The molecule has 2 atom stereocenters. The van der Waals surface area contributed by atoms with Gasteiger partial charge in [0.05, 0.1) is 25.7 Å². The van der Waals surface area contributed by atoms with E-state index in [1.807, 2.05) is 6.08 Å². The van der Waals surface area contributed by atoms with Crippen molar-refractivity contribution < 1.29 is 28.8 Å². The van der Waals surface area contributed by atoms with E-state index in [2.05, 4.69) is 6.58 Å². The molecule has 2 aliphatic rings. The van der Waals surface area contributed by atoms with Gasteiger partial charge in [-0.1, -0.05) is 18.2 Å². The molecule has 2 aromatic carbocycles. The van der Waals surface area contributed by atoms with Crippen molar-refractivity contribution in [1.29, 1.82) is 0 Å². The summed E-state index contributed by atoms with van der Waals surface area (Å²) in [6, 6.07) is 6.65. The topological polar surface area (TPSA) is 74.2 Å². The first-order valence-electron chi connectivity index (χ1n) is 9.31. The van der Waals surface area contributed by atoms with Crippen LogP contribution in [-0.2, 0) is 0 Å². The molecule has 4 rings (SSSR count). The molecular formula is C23H22O6. The van der Waals surface area contributed by atoms with Gasteiger partial charge >= 0.3 is 0 Å². The number of allylic oxidation sites excluding steroid dienone is 2. The van der Waals surface area contributed by atoms with Crippen LogP contribution >= 0.6 is 0 Å². The van der Waals surface area contributed by atoms with Crippen LogP contribution in [0.3, 0.4) is 0 Å². The van der Waals surface area contributed by atoms with Crippen molar-refractivity contribution in [3.05, 3.63) is 59.7 Å². The number of carbonyl (C=O) groups excluding carboxylic acids is 1. The first-order chi connectivity index (χ1) is 14.1. The third-order valence-electron chi connectivity index (χ3n) is 5.18. The second kappa shape index (κ2) is 7.54. The number of hydrogen-bond acceptors (Lipinski definition) is 6. The Balaban J connectivity index is 1.78. The van der Waals surface area contributed by atoms with E-state index < -0.39 is 12.0 Å². The lowest BCUT2D eigenvalue weighted by Crippen LogP contribution is -2.43. The largest absolute Gasteiger partial charge is 0.507 e. The maximum atomic E-state index is 13.4. The lowest BCUT2D eigenvalue weighted by molar-refractivity contribution is 0.0557. The average Bonchev–Trinajstić information content (AvgIpc) is 2.73. The Labute approximate surface area is 169 Å². The van der Waals surface area contributed by atoms with E-state index in [1.54, 1.807) is 44.6 Å². The molecule has 6 heteroatoms. The number of methoxy groups -OCH3 is 2. The second-order valence-electron chi connectivity index (χ2n) is 6.89. The number of hydrogen-bond donors (Lipinski definition) is 1. The highest BCUT2D eigenvalue weighted by atomic mass is 16.5. The van der Waals surface area contributed by atoms with Crippen LogP contribution in [0.1, 0.15) is 33.8 Å². The number of ketones is 1. The highest BCUT2D eigenvalue weighted by molar-refractivity contribution is 6.06. The molecule has 0 amide bonds. The monoisotopic (exact) mass is 394 g/mol. The lowest BCUT2D eigenvalue weighted by Gasteiger charge is -2.37. The average molecular weight is 394 g/mol. The number of benzene rings is 2. The number of phenolic OH excluding ortho intramolecular Hbond substituents is 1. The van der Waals surface area contributed by atoms with Crippen LogP contribution in [0, 0.1) is 0 Å². The van der Waals surface area contributed by atoms with Gasteiger partial charge in [-0.2, -0.15) is 0 Å². The van der Waals surface area contributed by atoms with Gasteiger partial charge in [0.25, 0.3) is 0 Å². The van der Waals surface area contributed by atoms with Crippen molar-refractivity contribution in [2.24, 2.45) is 0 Å². The van der Waals surface area contributed by atoms with Crippen LogP contribution in [0.15, 0.2) is 43.0 Å². The molecule has 0 saturated carbocycles. The molecule has 0 bridgehead atoms. The highest BCUT2D eigenvalue weighted by Gasteiger charge is 2.43. The van der Waals surface area contributed by atoms with E-state index >= 15 is 0 Å². The van der Waals surface area contributed by atoms with Crippen molar-refractivity contribution in [1.82, 2.24) is 0 Å². The third-order valence-corrected chi connectivity index (χ3v) is 5.18. The molecule has 0 fully saturated rings. The van der Waals surface area contributed by atoms with Crippen LogP contribution < -0.4 is 18.9 Å². The molecule has 0 spiro atoms. The summed E-state index contributed by atoms with van der Waals surface area (Å²) in [7, 11) is 3.10. The van der Waals surface area contributed by atoms with Gasteiger partial charge in [0.15, 0.2) is 17.3 Å². The molecular weight excluding hydrogens is 372 g/mol. The first kappa shape index (κ1) is 18.9. The molecule has 2 heterocycles. The Morgan fingerprint density at radius 3 is 2.66 bits per heavy atom. The molecule has 0 saturated heterocycles. The third kappa shape index (κ3) is 3.20. The number of fused-ring (bicyclic) bond motifs is 4. The van der Waals surface area contributed by atoms with Gasteiger partial charge in [-0.05, 0) is 18.6 Å². The normalized spacial score (nSPS) is 19.4. The minimum absolute atomic E-state index is 0.0545. The Bertz CT molecular complexity index is 1010. The Hall–Kier alpha value is -3.41. The lowest BCUT2D eigenvalue weighted by atomic mass is 9.81. The second-order valence-corrected chi connectivity index (χ2v) is 6.89. The summed E-state index contributed by atoms with van der Waals surface area (Å²) in [5.74, 6) is 1.45. The predicted molar refractivity (Wildman–Crippen MR) is 108 cm³/mol. The molecule has 150 valence electrons. The number of Topliss-reactive ketones (excluding diaryl/α,β-unsaturated/α-hetero) is 1. The number of aromatic hydroxyl groups is 1. The number of carbonyl (C=O) groups is 1. The minimum Gasteiger partial charge on any atom is -0.507 e. The molecule has 2 aliphatic heterocycles. The van der Waals surface area contributed by atoms with E-state index in [0.717, 1.165) is 0 Å². The van der Waals surface area contributed by atoms with Crippen LogP contribution in [0.4, 0.5) is 0 Å². The molecule has 0 unspecified atom stereocenters. The summed E-state index contributed by atoms with van der Waals surface area (Å²) in [4.78, 5) is 13.4. The van der Waals surface area contributed by atoms with Crippen LogP contribution in [-0.4, -0.2) is 37.8 Å². The quantitative estimate of drug-likeness (QED) is 0.769. The zero-order valence-electron chi connectivity index (χ0n) is 16.3. The van der Waals surface area contributed by atoms with Crippen molar-refractivity contribution in [2.45, 2.75) is 18.4 Å². The van der Waals surface area contributed by atoms with Gasteiger partial charge in [-0.25, -0.2) is 0 Å². The molecule has 0 aromatic heterocycles. The van der Waals surface area contributed by atoms with Crippen molar-refractivity contribution in [3.8, 4) is 28.7 Å². The predicted octanol–water partition coefficient (Wildman–Crippen LogP) is 4.12. The fraction of sp³-hybridized carbons (Fsp3) is 0.261. The molecule has 2 aromatic rings. The summed E-state index contributed by atoms with van der Waals surface area (Å²) in [5, 5.41) is 10.3. The highest BCUT2D eigenvalue weighted by Crippen LogP contribution is 2.47. The van der Waals surface area contributed by atoms with Gasteiger partial charge in [-0.15, -0.1) is 6.58 Å². The summed E-state index contributed by atoms with van der Waals surface area (Å²) in [6.45, 7) is 3.89. The van der Waals surface area contributed by atoms with Gasteiger partial charge < -0.3 is 24.1 Å². The van der Waals surface area contributed by atoms with Gasteiger partial charge in [0.1, 0.15) is 30.0 Å². The Morgan fingerprint density at radius 2 is 1.93 bits per heavy atom. The van der Waals surface area contributed by atoms with Crippen molar-refractivity contribution in [3.63, 3.8) is 0 Å². The van der Waals surface area contributed by atoms with Gasteiger partial charge in [0, 0.05) is 23.3 Å². The molecule has 0 aliphatic carbocycles. The number of rotatable bonds is 5. The van der Waals surface area contributed by atoms with E-state index in [-0.39, 0.29) is 18.1 Å². The van der Waals surface area contributed by atoms with E-state index in [1.165, 1.54) is 6.07 Å². The first-order valence-corrected chi connectivity index (χ1v) is 9.31. The summed E-state index contributed by atoms with van der Waals surface area (Å²) < 4.78 is 22.6. The smallest absolute Gasteiger partial charge is 0.178 e. The molecule has 0 radical (unpaired) electrons. The summed E-state index contributed by atoms with van der Waals surface area (Å²) in [5.41, 5.74) is 1.69. The number of phenols is 1. The van der Waals surface area contributed by atoms with E-state index in [9.17, 15) is 9.90 Å². The minimum atomic E-state index is -0.527. The van der Waals surface area contributed by atoms with Crippen molar-refractivity contribution in [2.75, 3.05) is 20.8 Å². The maximum absolute atomic E-state index is 13.4. The maximum Gasteiger partial charge on any atom is 0.178 e. The zero-order chi connectivity index (χ0) is 20.5.